The first kappa shape index (κ1) is 7.57. The number of aromatic nitrogens is 1. The van der Waals surface area contributed by atoms with Gasteiger partial charge in [0, 0.05) is 5.38 Å². The van der Waals surface area contributed by atoms with Crippen LogP contribution >= 0.6 is 11.3 Å². The molecule has 1 aromatic heterocycles. The van der Waals surface area contributed by atoms with E-state index in [-0.39, 0.29) is 0 Å². The first-order valence-corrected chi connectivity index (χ1v) is 3.52. The summed E-state index contributed by atoms with van der Waals surface area (Å²) in [6.45, 7) is 0. The van der Waals surface area contributed by atoms with Gasteiger partial charge in [-0.3, -0.25) is 5.32 Å². The highest BCUT2D eigenvalue weighted by Gasteiger charge is 2.01. The van der Waals surface area contributed by atoms with Crippen LogP contribution < -0.4 is 5.32 Å². The van der Waals surface area contributed by atoms with Gasteiger partial charge in [-0.2, -0.15) is 0 Å². The lowest BCUT2D eigenvalue weighted by molar-refractivity contribution is 0.209. The van der Waals surface area contributed by atoms with E-state index in [4.69, 9.17) is 11.5 Å². The summed E-state index contributed by atoms with van der Waals surface area (Å²) >= 11 is 1.16. The lowest BCUT2D eigenvalue weighted by Crippen LogP contribution is -2.06. The number of nitrogens with one attached hydrogen (secondary N) is 1. The Morgan fingerprint density at radius 3 is 3.09 bits per heavy atom. The van der Waals surface area contributed by atoms with Gasteiger partial charge in [-0.25, -0.2) is 9.78 Å². The topological polar surface area (TPSA) is 62.2 Å². The molecule has 0 bridgehead atoms. The summed E-state index contributed by atoms with van der Waals surface area (Å²) in [6.07, 6.45) is 3.88. The third kappa shape index (κ3) is 1.95. The zero-order chi connectivity index (χ0) is 8.27. The van der Waals surface area contributed by atoms with E-state index in [1.807, 2.05) is 0 Å². The van der Waals surface area contributed by atoms with Crippen LogP contribution in [0.3, 0.4) is 0 Å². The fourth-order valence-electron chi connectivity index (χ4n) is 0.489. The van der Waals surface area contributed by atoms with Gasteiger partial charge in [-0.1, -0.05) is 0 Å². The molecule has 1 amide bonds. The van der Waals surface area contributed by atoms with Crippen LogP contribution in [0, 0.1) is 12.3 Å². The predicted molar refractivity (Wildman–Crippen MR) is 41.7 cm³/mol. The second kappa shape index (κ2) is 3.03. The quantitative estimate of drug-likeness (QED) is 0.619. The first-order chi connectivity index (χ1) is 5.22. The lowest BCUT2D eigenvalue weighted by atomic mass is 10.5. The van der Waals surface area contributed by atoms with Gasteiger partial charge in [0.15, 0.2) is 5.13 Å². The fraction of sp³-hybridized carbons (Fsp3) is 0. The van der Waals surface area contributed by atoms with Crippen molar-refractivity contribution in [1.29, 1.82) is 0 Å². The highest BCUT2D eigenvalue weighted by atomic mass is 32.1. The summed E-state index contributed by atoms with van der Waals surface area (Å²) in [7, 11) is 0. The van der Waals surface area contributed by atoms with Crippen molar-refractivity contribution in [3.8, 4) is 12.3 Å². The van der Waals surface area contributed by atoms with E-state index in [0.717, 1.165) is 11.3 Å². The minimum Gasteiger partial charge on any atom is -0.465 e. The second-order valence-electron chi connectivity index (χ2n) is 1.61. The molecule has 4 nitrogen and oxygen atoms in total. The number of hydrogen-bond donors (Lipinski definition) is 2. The van der Waals surface area contributed by atoms with E-state index in [9.17, 15) is 4.79 Å². The van der Waals surface area contributed by atoms with Crippen LogP contribution in [-0.2, 0) is 0 Å². The van der Waals surface area contributed by atoms with Crippen LogP contribution in [0.4, 0.5) is 9.93 Å². The molecule has 0 saturated carbocycles. The molecule has 0 spiro atoms. The molecule has 56 valence electrons. The molecule has 5 heteroatoms. The molecule has 11 heavy (non-hydrogen) atoms. The second-order valence-corrected chi connectivity index (χ2v) is 2.47. The number of anilines is 1. The molecular formula is C6H4N2O2S. The molecular weight excluding hydrogens is 164 g/mol. The van der Waals surface area contributed by atoms with Gasteiger partial charge in [0.05, 0.1) is 0 Å². The third-order valence-electron chi connectivity index (χ3n) is 0.866. The molecule has 1 aromatic rings. The Morgan fingerprint density at radius 2 is 2.64 bits per heavy atom. The average molecular weight is 168 g/mol. The number of carboxylic acid groups (broad SMARTS) is 1. The monoisotopic (exact) mass is 168 g/mol. The Bertz CT molecular complexity index is 313. The highest BCUT2D eigenvalue weighted by molar-refractivity contribution is 7.14. The maximum Gasteiger partial charge on any atom is 0.410 e. The number of hydrogen-bond acceptors (Lipinski definition) is 3. The summed E-state index contributed by atoms with van der Waals surface area (Å²) in [5, 5.41) is 12.2. The molecule has 1 rings (SSSR count). The summed E-state index contributed by atoms with van der Waals surface area (Å²) in [5.41, 5.74) is 0.443. The Kier molecular flexibility index (Phi) is 2.09. The van der Waals surface area contributed by atoms with Crippen molar-refractivity contribution in [3.05, 3.63) is 11.1 Å². The molecule has 0 aliphatic heterocycles. The van der Waals surface area contributed by atoms with Crippen LogP contribution in [-0.4, -0.2) is 16.2 Å². The molecule has 1 heterocycles. The zero-order valence-electron chi connectivity index (χ0n) is 5.37. The molecule has 0 aliphatic carbocycles. The van der Waals surface area contributed by atoms with Crippen LogP contribution in [0.15, 0.2) is 5.38 Å². The Hall–Kier alpha value is -1.54. The van der Waals surface area contributed by atoms with Gasteiger partial charge < -0.3 is 5.11 Å². The SMILES string of the molecule is C#Cc1csc(NC(=O)O)n1. The fourth-order valence-corrected chi connectivity index (χ4v) is 1.13. The molecule has 0 unspecified atom stereocenters. The standard InChI is InChI=1S/C6H4N2O2S/c1-2-4-3-11-5(7-4)8-6(9)10/h1,3H,(H,7,8)(H,9,10). The Labute approximate surface area is 66.9 Å². The van der Waals surface area contributed by atoms with Gasteiger partial charge in [0.25, 0.3) is 0 Å². The van der Waals surface area contributed by atoms with Gasteiger partial charge >= 0.3 is 6.09 Å². The molecule has 0 atom stereocenters. The predicted octanol–water partition coefficient (Wildman–Crippen LogP) is 1.21. The van der Waals surface area contributed by atoms with Gasteiger partial charge in [0.1, 0.15) is 5.69 Å². The van der Waals surface area contributed by atoms with Crippen LogP contribution in [0.1, 0.15) is 5.69 Å². The maximum atomic E-state index is 10.1. The molecule has 0 aromatic carbocycles. The maximum absolute atomic E-state index is 10.1. The van der Waals surface area contributed by atoms with Crippen molar-refractivity contribution < 1.29 is 9.90 Å². The summed E-state index contributed by atoms with van der Waals surface area (Å²) < 4.78 is 0. The van der Waals surface area contributed by atoms with E-state index in [0.29, 0.717) is 10.8 Å². The average Bonchev–Trinajstić information content (AvgIpc) is 2.34. The van der Waals surface area contributed by atoms with E-state index in [1.165, 1.54) is 0 Å². The van der Waals surface area contributed by atoms with Crippen molar-refractivity contribution >= 4 is 22.6 Å². The normalized spacial score (nSPS) is 8.64. The van der Waals surface area contributed by atoms with Crippen molar-refractivity contribution in [1.82, 2.24) is 4.98 Å². The summed E-state index contributed by atoms with van der Waals surface area (Å²) in [6, 6.07) is 0. The molecule has 0 radical (unpaired) electrons. The number of terminal acetylenes is 1. The molecule has 0 fully saturated rings. The van der Waals surface area contributed by atoms with Crippen LogP contribution in [0.5, 0.6) is 0 Å². The number of nitrogens with zero attached hydrogens (tertiary/aromatic N) is 1. The van der Waals surface area contributed by atoms with Crippen molar-refractivity contribution in [2.45, 2.75) is 0 Å². The summed E-state index contributed by atoms with van der Waals surface area (Å²) in [4.78, 5) is 13.8. The Morgan fingerprint density at radius 1 is 1.91 bits per heavy atom. The smallest absolute Gasteiger partial charge is 0.410 e. The van der Waals surface area contributed by atoms with E-state index in [2.05, 4.69) is 16.2 Å². The van der Waals surface area contributed by atoms with E-state index >= 15 is 0 Å². The number of thiazole rings is 1. The Balaban J connectivity index is 2.75. The minimum atomic E-state index is -1.14. The van der Waals surface area contributed by atoms with Crippen LogP contribution in [0.2, 0.25) is 0 Å². The van der Waals surface area contributed by atoms with E-state index in [1.54, 1.807) is 5.38 Å². The van der Waals surface area contributed by atoms with Crippen molar-refractivity contribution in [3.63, 3.8) is 0 Å². The van der Waals surface area contributed by atoms with Crippen LogP contribution in [0.25, 0.3) is 0 Å². The van der Waals surface area contributed by atoms with Gasteiger partial charge in [-0.05, 0) is 5.92 Å². The minimum absolute atomic E-state index is 0.297. The van der Waals surface area contributed by atoms with Crippen molar-refractivity contribution in [2.24, 2.45) is 0 Å². The first-order valence-electron chi connectivity index (χ1n) is 2.64. The molecule has 0 aliphatic rings. The van der Waals surface area contributed by atoms with E-state index < -0.39 is 6.09 Å². The van der Waals surface area contributed by atoms with Gasteiger partial charge in [0.2, 0.25) is 0 Å². The zero-order valence-corrected chi connectivity index (χ0v) is 6.18. The van der Waals surface area contributed by atoms with Crippen molar-refractivity contribution in [2.75, 3.05) is 5.32 Å². The third-order valence-corrected chi connectivity index (χ3v) is 1.62. The van der Waals surface area contributed by atoms with Gasteiger partial charge in [-0.15, -0.1) is 17.8 Å². The number of amides is 1. The lowest BCUT2D eigenvalue weighted by Gasteiger charge is -1.89. The highest BCUT2D eigenvalue weighted by Crippen LogP contribution is 2.13. The number of carbonyl (C=O) groups is 1. The summed E-state index contributed by atoms with van der Waals surface area (Å²) in [5.74, 6) is 2.29. The number of rotatable bonds is 1. The molecule has 0 saturated heterocycles. The largest absolute Gasteiger partial charge is 0.465 e. The molecule has 2 N–H and O–H groups in total.